The third-order valence-electron chi connectivity index (χ3n) is 2.84. The summed E-state index contributed by atoms with van der Waals surface area (Å²) in [7, 11) is -4.02. The summed E-state index contributed by atoms with van der Waals surface area (Å²) in [5, 5.41) is 8.49. The van der Waals surface area contributed by atoms with E-state index in [1.165, 1.54) is 17.7 Å². The van der Waals surface area contributed by atoms with Crippen molar-refractivity contribution in [3.05, 3.63) is 65.2 Å². The van der Waals surface area contributed by atoms with Crippen molar-refractivity contribution < 1.29 is 18.1 Å². The molecule has 0 aromatic heterocycles. The summed E-state index contributed by atoms with van der Waals surface area (Å²) in [6, 6.07) is 14.0. The average Bonchev–Trinajstić information content (AvgIpc) is 2.50. The van der Waals surface area contributed by atoms with Crippen LogP contribution in [0, 0.1) is 25.7 Å². The zero-order valence-electron chi connectivity index (χ0n) is 13.2. The molecule has 2 aromatic carbocycles. The molecule has 0 fully saturated rings. The van der Waals surface area contributed by atoms with E-state index in [0.717, 1.165) is 11.1 Å². The summed E-state index contributed by atoms with van der Waals surface area (Å²) in [5.74, 6) is 5.83. The van der Waals surface area contributed by atoms with Crippen LogP contribution in [0.4, 0.5) is 0 Å². The highest BCUT2D eigenvalue weighted by Crippen LogP contribution is 2.08. The van der Waals surface area contributed by atoms with Crippen LogP contribution < -0.4 is 0 Å². The maximum atomic E-state index is 10.5. The summed E-state index contributed by atoms with van der Waals surface area (Å²) in [6.07, 6.45) is 0.549. The highest BCUT2D eigenvalue weighted by atomic mass is 32.2. The van der Waals surface area contributed by atoms with E-state index in [-0.39, 0.29) is 11.5 Å². The Morgan fingerprint density at radius 3 is 1.83 bits per heavy atom. The fourth-order valence-corrected chi connectivity index (χ4v) is 2.05. The van der Waals surface area contributed by atoms with Gasteiger partial charge in [-0.2, -0.15) is 8.42 Å². The fourth-order valence-electron chi connectivity index (χ4n) is 1.57. The lowest BCUT2D eigenvalue weighted by Gasteiger charge is -1.95. The van der Waals surface area contributed by atoms with Gasteiger partial charge < -0.3 is 5.11 Å². The van der Waals surface area contributed by atoms with E-state index in [4.69, 9.17) is 9.66 Å². The van der Waals surface area contributed by atoms with Crippen molar-refractivity contribution in [2.24, 2.45) is 0 Å². The zero-order chi connectivity index (χ0) is 17.3. The van der Waals surface area contributed by atoms with Gasteiger partial charge in [0.1, 0.15) is 0 Å². The summed E-state index contributed by atoms with van der Waals surface area (Å²) in [5.41, 5.74) is 3.20. The molecule has 4 nitrogen and oxygen atoms in total. The molecule has 0 unspecified atom stereocenters. The van der Waals surface area contributed by atoms with Gasteiger partial charge in [0.15, 0.2) is 0 Å². The second-order valence-electron chi connectivity index (χ2n) is 4.93. The lowest BCUT2D eigenvalue weighted by molar-refractivity contribution is 0.305. The van der Waals surface area contributed by atoms with E-state index in [0.29, 0.717) is 6.42 Å². The van der Waals surface area contributed by atoms with E-state index < -0.39 is 10.1 Å². The highest BCUT2D eigenvalue weighted by Gasteiger charge is 2.06. The molecular formula is C18H20O4S. The average molecular weight is 332 g/mol. The number of hydrogen-bond acceptors (Lipinski definition) is 3. The minimum Gasteiger partial charge on any atom is -0.395 e. The van der Waals surface area contributed by atoms with Crippen molar-refractivity contribution in [1.82, 2.24) is 0 Å². The molecule has 5 heteroatoms. The van der Waals surface area contributed by atoms with Crippen molar-refractivity contribution >= 4 is 10.1 Å². The van der Waals surface area contributed by atoms with Gasteiger partial charge in [-0.15, -0.1) is 0 Å². The number of aliphatic hydroxyl groups is 1. The van der Waals surface area contributed by atoms with Crippen LogP contribution in [0.1, 0.15) is 23.1 Å². The number of aliphatic hydroxyl groups excluding tert-OH is 1. The Morgan fingerprint density at radius 1 is 0.913 bits per heavy atom. The second kappa shape index (κ2) is 9.11. The maximum absolute atomic E-state index is 10.5. The molecule has 0 amide bonds. The topological polar surface area (TPSA) is 74.6 Å². The van der Waals surface area contributed by atoms with Gasteiger partial charge in [-0.1, -0.05) is 47.2 Å². The lowest BCUT2D eigenvalue weighted by Crippen LogP contribution is -1.96. The first-order valence-electron chi connectivity index (χ1n) is 7.03. The van der Waals surface area contributed by atoms with Gasteiger partial charge >= 0.3 is 0 Å². The number of aryl methyl sites for hydroxylation is 2. The summed E-state index contributed by atoms with van der Waals surface area (Å²) < 4.78 is 29.6. The molecule has 122 valence electrons. The highest BCUT2D eigenvalue weighted by molar-refractivity contribution is 7.85. The van der Waals surface area contributed by atoms with E-state index in [1.807, 2.05) is 38.1 Å². The smallest absolute Gasteiger partial charge is 0.294 e. The van der Waals surface area contributed by atoms with Gasteiger partial charge in [0.05, 0.1) is 11.5 Å². The Morgan fingerprint density at radius 2 is 1.39 bits per heavy atom. The van der Waals surface area contributed by atoms with Crippen molar-refractivity contribution in [2.45, 2.75) is 25.2 Å². The Hall–Kier alpha value is -2.13. The van der Waals surface area contributed by atoms with Gasteiger partial charge in [0, 0.05) is 12.0 Å². The fraction of sp³-hybridized carbons (Fsp3) is 0.222. The molecule has 0 atom stereocenters. The molecule has 0 heterocycles. The van der Waals surface area contributed by atoms with Crippen molar-refractivity contribution in [3.8, 4) is 11.8 Å². The van der Waals surface area contributed by atoms with Crippen LogP contribution in [0.15, 0.2) is 53.4 Å². The first-order valence-corrected chi connectivity index (χ1v) is 8.47. The van der Waals surface area contributed by atoms with Crippen LogP contribution >= 0.6 is 0 Å². The molecule has 0 bridgehead atoms. The molecule has 2 aromatic rings. The Bertz CT molecular complexity index is 765. The van der Waals surface area contributed by atoms with Crippen LogP contribution in [0.5, 0.6) is 0 Å². The number of benzene rings is 2. The quantitative estimate of drug-likeness (QED) is 0.655. The van der Waals surface area contributed by atoms with E-state index in [1.54, 1.807) is 12.1 Å². The van der Waals surface area contributed by atoms with Gasteiger partial charge in [-0.25, -0.2) is 0 Å². The van der Waals surface area contributed by atoms with Crippen LogP contribution in [0.2, 0.25) is 0 Å². The molecule has 0 aliphatic rings. The molecule has 0 aliphatic heterocycles. The Labute approximate surface area is 137 Å². The molecular weight excluding hydrogens is 312 g/mol. The van der Waals surface area contributed by atoms with Gasteiger partial charge in [0.25, 0.3) is 10.1 Å². The standard InChI is InChI=1S/C11H12O.C7H8O3S/c1-10-5-7-11(8-6-10)4-2-3-9-12;1-6-2-4-7(5-3-6)11(8,9)10/h5-8,12H,3,9H2,1H3;2-5H,1H3,(H,8,9,10). The molecule has 0 saturated carbocycles. The molecule has 0 spiro atoms. The first kappa shape index (κ1) is 18.9. The van der Waals surface area contributed by atoms with Crippen LogP contribution in [0.25, 0.3) is 0 Å². The maximum Gasteiger partial charge on any atom is 0.294 e. The minimum atomic E-state index is -4.02. The van der Waals surface area contributed by atoms with E-state index in [2.05, 4.69) is 11.8 Å². The number of rotatable bonds is 2. The minimum absolute atomic E-state index is 0.0666. The van der Waals surface area contributed by atoms with E-state index in [9.17, 15) is 8.42 Å². The molecule has 2 rings (SSSR count). The Balaban J connectivity index is 0.000000231. The second-order valence-corrected chi connectivity index (χ2v) is 6.35. The zero-order valence-corrected chi connectivity index (χ0v) is 14.0. The molecule has 2 N–H and O–H groups in total. The summed E-state index contributed by atoms with van der Waals surface area (Å²) in [4.78, 5) is -0.0666. The van der Waals surface area contributed by atoms with Crippen molar-refractivity contribution in [2.75, 3.05) is 6.61 Å². The van der Waals surface area contributed by atoms with Gasteiger partial charge in [-0.3, -0.25) is 4.55 Å². The molecule has 23 heavy (non-hydrogen) atoms. The molecule has 0 radical (unpaired) electrons. The monoisotopic (exact) mass is 332 g/mol. The summed E-state index contributed by atoms with van der Waals surface area (Å²) in [6.45, 7) is 4.03. The Kier molecular flexibility index (Phi) is 7.49. The van der Waals surface area contributed by atoms with Crippen molar-refractivity contribution in [3.63, 3.8) is 0 Å². The largest absolute Gasteiger partial charge is 0.395 e. The van der Waals surface area contributed by atoms with Crippen LogP contribution in [-0.4, -0.2) is 24.7 Å². The lowest BCUT2D eigenvalue weighted by atomic mass is 10.1. The number of hydrogen-bond donors (Lipinski definition) is 2. The third kappa shape index (κ3) is 7.61. The predicted molar refractivity (Wildman–Crippen MR) is 90.8 cm³/mol. The molecule has 0 aliphatic carbocycles. The van der Waals surface area contributed by atoms with Gasteiger partial charge in [-0.05, 0) is 38.1 Å². The van der Waals surface area contributed by atoms with Gasteiger partial charge in [0.2, 0.25) is 0 Å². The molecule has 0 saturated heterocycles. The van der Waals surface area contributed by atoms with Crippen LogP contribution in [-0.2, 0) is 10.1 Å². The SMILES string of the molecule is Cc1ccc(C#CCCO)cc1.Cc1ccc(S(=O)(=O)O)cc1. The normalized spacial score (nSPS) is 10.1. The first-order chi connectivity index (χ1) is 10.8. The van der Waals surface area contributed by atoms with Crippen molar-refractivity contribution in [1.29, 1.82) is 0 Å². The summed E-state index contributed by atoms with van der Waals surface area (Å²) >= 11 is 0. The predicted octanol–water partition coefficient (Wildman–Crippen LogP) is 2.97. The van der Waals surface area contributed by atoms with E-state index >= 15 is 0 Å². The van der Waals surface area contributed by atoms with Crippen LogP contribution in [0.3, 0.4) is 0 Å². The third-order valence-corrected chi connectivity index (χ3v) is 3.71.